The highest BCUT2D eigenvalue weighted by molar-refractivity contribution is 9.09. The Bertz CT molecular complexity index is 1190. The molecule has 0 aliphatic carbocycles. The summed E-state index contributed by atoms with van der Waals surface area (Å²) in [6.45, 7) is 16.8. The Morgan fingerprint density at radius 1 is 1.19 bits per heavy atom. The predicted octanol–water partition coefficient (Wildman–Crippen LogP) is 4.18. The van der Waals surface area contributed by atoms with Crippen molar-refractivity contribution in [3.63, 3.8) is 0 Å². The van der Waals surface area contributed by atoms with Gasteiger partial charge in [0.15, 0.2) is 0 Å². The van der Waals surface area contributed by atoms with Crippen molar-refractivity contribution in [3.05, 3.63) is 49.6 Å². The number of aliphatic hydroxyl groups is 1. The average Bonchev–Trinajstić information content (AvgIpc) is 3.58. The molecule has 0 saturated carbocycles. The van der Waals surface area contributed by atoms with Crippen molar-refractivity contribution in [2.24, 2.45) is 17.8 Å². The summed E-state index contributed by atoms with van der Waals surface area (Å²) in [5.41, 5.74) is -0.557. The van der Waals surface area contributed by atoms with E-state index >= 15 is 0 Å². The van der Waals surface area contributed by atoms with E-state index in [1.165, 1.54) is 0 Å². The summed E-state index contributed by atoms with van der Waals surface area (Å²) in [5.74, 6) is -1.93. The van der Waals surface area contributed by atoms with Gasteiger partial charge in [-0.05, 0) is 49.9 Å². The molecule has 4 rings (SSSR count). The molecule has 1 aromatic rings. The summed E-state index contributed by atoms with van der Waals surface area (Å²) in [5, 5.41) is 10.5. The molecule has 9 nitrogen and oxygen atoms in total. The first kappa shape index (κ1) is 33.2. The van der Waals surface area contributed by atoms with E-state index in [0.717, 1.165) is 12.8 Å². The van der Waals surface area contributed by atoms with Crippen LogP contribution < -0.4 is 9.64 Å². The van der Waals surface area contributed by atoms with Gasteiger partial charge in [0.2, 0.25) is 17.7 Å². The van der Waals surface area contributed by atoms with E-state index in [0.29, 0.717) is 37.6 Å². The zero-order valence-electron chi connectivity index (χ0n) is 25.8. The van der Waals surface area contributed by atoms with Crippen molar-refractivity contribution in [3.8, 4) is 5.75 Å². The number of hydrogen-bond acceptors (Lipinski definition) is 6. The van der Waals surface area contributed by atoms with E-state index in [1.54, 1.807) is 26.9 Å². The number of ether oxygens (including phenoxy) is 2. The number of rotatable bonds is 15. The average molecular weight is 661 g/mol. The van der Waals surface area contributed by atoms with Gasteiger partial charge < -0.3 is 29.3 Å². The van der Waals surface area contributed by atoms with E-state index in [4.69, 9.17) is 9.47 Å². The number of amides is 3. The Morgan fingerprint density at radius 3 is 2.42 bits per heavy atom. The van der Waals surface area contributed by atoms with Crippen molar-refractivity contribution in [1.29, 1.82) is 0 Å². The van der Waals surface area contributed by atoms with E-state index in [1.807, 2.05) is 45.0 Å². The third kappa shape index (κ3) is 5.90. The summed E-state index contributed by atoms with van der Waals surface area (Å²) in [7, 11) is 0. The smallest absolute Gasteiger partial charge is 0.248 e. The van der Waals surface area contributed by atoms with E-state index in [9.17, 15) is 19.5 Å². The van der Waals surface area contributed by atoms with Crippen LogP contribution in [0, 0.1) is 17.8 Å². The minimum Gasteiger partial charge on any atom is -0.494 e. The normalized spacial score (nSPS) is 28.1. The maximum Gasteiger partial charge on any atom is 0.248 e. The lowest BCUT2D eigenvalue weighted by Gasteiger charge is -2.40. The number of carbonyl (C=O) groups excluding carboxylic acids is 3. The standard InChI is InChI=1S/C33H46BrN3O6/c1-7-11-18-35(16-8-2)32(41)29-33-19-24(34)28(43-33)26(27(33)31(40)37(29)25(20-38)21(5)6)30(39)36(17-9-3)22-12-14-23(15-13-22)42-10-4/h8-9,12-15,21,24-29,38H,2-3,7,10-11,16-20H2,1,4-6H3/t24?,25-,26-,27-,28-,29?,33?/m0/s1. The lowest BCUT2D eigenvalue weighted by Crippen LogP contribution is -2.60. The van der Waals surface area contributed by atoms with Gasteiger partial charge >= 0.3 is 0 Å². The lowest BCUT2D eigenvalue weighted by molar-refractivity contribution is -0.152. The number of halogens is 1. The zero-order valence-corrected chi connectivity index (χ0v) is 27.4. The molecule has 10 heteroatoms. The summed E-state index contributed by atoms with van der Waals surface area (Å²) in [4.78, 5) is 48.2. The molecule has 0 radical (unpaired) electrons. The lowest BCUT2D eigenvalue weighted by atomic mass is 9.70. The monoisotopic (exact) mass is 659 g/mol. The molecular formula is C33H46BrN3O6. The van der Waals surface area contributed by atoms with Crippen LogP contribution in [0.4, 0.5) is 5.69 Å². The minimum atomic E-state index is -1.21. The molecule has 1 aromatic carbocycles. The quantitative estimate of drug-likeness (QED) is 0.224. The number of aliphatic hydroxyl groups excluding tert-OH is 1. The molecule has 3 fully saturated rings. The van der Waals surface area contributed by atoms with Crippen molar-refractivity contribution in [1.82, 2.24) is 9.80 Å². The van der Waals surface area contributed by atoms with E-state index in [2.05, 4.69) is 36.0 Å². The van der Waals surface area contributed by atoms with E-state index in [-0.39, 0.29) is 41.6 Å². The Hall–Kier alpha value is -2.69. The largest absolute Gasteiger partial charge is 0.494 e. The van der Waals surface area contributed by atoms with Gasteiger partial charge in [-0.15, -0.1) is 13.2 Å². The van der Waals surface area contributed by atoms with Gasteiger partial charge in [-0.3, -0.25) is 14.4 Å². The molecule has 7 atom stereocenters. The highest BCUT2D eigenvalue weighted by Crippen LogP contribution is 2.61. The highest BCUT2D eigenvalue weighted by Gasteiger charge is 2.77. The summed E-state index contributed by atoms with van der Waals surface area (Å²) >= 11 is 3.76. The number of carbonyl (C=O) groups is 3. The molecule has 3 aliphatic rings. The number of hydrogen-bond donors (Lipinski definition) is 1. The SMILES string of the molecule is C=CCN(CCCC)C(=O)C1N([C@@H](CO)C(C)C)C(=O)[C@@H]2[C@H](C(=O)N(CC=C)c3ccc(OCC)cc3)[C@H]3OC12CC3Br. The molecular weight excluding hydrogens is 614 g/mol. The summed E-state index contributed by atoms with van der Waals surface area (Å²) < 4.78 is 12.3. The van der Waals surface area contributed by atoms with Crippen LogP contribution in [-0.4, -0.2) is 94.1 Å². The van der Waals surface area contributed by atoms with Crippen molar-refractivity contribution < 1.29 is 29.0 Å². The number of anilines is 1. The molecule has 3 unspecified atom stereocenters. The van der Waals surface area contributed by atoms with Crippen LogP contribution >= 0.6 is 15.9 Å². The fourth-order valence-electron chi connectivity index (χ4n) is 7.10. The second-order valence-corrected chi connectivity index (χ2v) is 13.2. The molecule has 3 heterocycles. The van der Waals surface area contributed by atoms with Crippen LogP contribution in [0.25, 0.3) is 0 Å². The molecule has 3 aliphatic heterocycles. The summed E-state index contributed by atoms with van der Waals surface area (Å²) in [6.07, 6.45) is 4.85. The second kappa shape index (κ2) is 13.9. The van der Waals surface area contributed by atoms with Crippen LogP contribution in [0.2, 0.25) is 0 Å². The Balaban J connectivity index is 1.80. The van der Waals surface area contributed by atoms with Gasteiger partial charge in [0.1, 0.15) is 17.4 Å². The van der Waals surface area contributed by atoms with Gasteiger partial charge in [0, 0.05) is 30.1 Å². The molecule has 0 aromatic heterocycles. The van der Waals surface area contributed by atoms with Crippen LogP contribution in [-0.2, 0) is 19.1 Å². The highest BCUT2D eigenvalue weighted by atomic mass is 79.9. The molecule has 1 spiro atoms. The van der Waals surface area contributed by atoms with Crippen molar-refractivity contribution in [2.45, 2.75) is 75.6 Å². The third-order valence-corrected chi connectivity index (χ3v) is 9.88. The van der Waals surface area contributed by atoms with Crippen LogP contribution in [0.3, 0.4) is 0 Å². The number of unbranched alkanes of at least 4 members (excludes halogenated alkanes) is 1. The molecule has 1 N–H and O–H groups in total. The van der Waals surface area contributed by atoms with Gasteiger partial charge in [-0.1, -0.05) is 55.3 Å². The first-order valence-corrected chi connectivity index (χ1v) is 16.3. The number of fused-ring (bicyclic) bond motifs is 1. The number of alkyl halides is 1. The molecule has 2 bridgehead atoms. The van der Waals surface area contributed by atoms with Gasteiger partial charge in [0.25, 0.3) is 0 Å². The van der Waals surface area contributed by atoms with Gasteiger partial charge in [0.05, 0.1) is 37.2 Å². The topological polar surface area (TPSA) is 99.6 Å². The Kier molecular flexibility index (Phi) is 10.8. The Labute approximate surface area is 264 Å². The molecule has 236 valence electrons. The molecule has 3 amide bonds. The minimum absolute atomic E-state index is 0.129. The molecule has 43 heavy (non-hydrogen) atoms. The predicted molar refractivity (Wildman–Crippen MR) is 170 cm³/mol. The van der Waals surface area contributed by atoms with Crippen molar-refractivity contribution in [2.75, 3.05) is 37.7 Å². The van der Waals surface area contributed by atoms with E-state index < -0.39 is 35.6 Å². The fraction of sp³-hybridized carbons (Fsp3) is 0.606. The first-order valence-electron chi connectivity index (χ1n) is 15.4. The van der Waals surface area contributed by atoms with Gasteiger partial charge in [-0.2, -0.15) is 0 Å². The third-order valence-electron chi connectivity index (χ3n) is 9.04. The zero-order chi connectivity index (χ0) is 31.5. The van der Waals surface area contributed by atoms with Crippen LogP contribution in [0.1, 0.15) is 47.0 Å². The maximum atomic E-state index is 14.6. The maximum absolute atomic E-state index is 14.6. The van der Waals surface area contributed by atoms with Gasteiger partial charge in [-0.25, -0.2) is 0 Å². The van der Waals surface area contributed by atoms with Crippen LogP contribution in [0.5, 0.6) is 5.75 Å². The first-order chi connectivity index (χ1) is 20.6. The summed E-state index contributed by atoms with van der Waals surface area (Å²) in [6, 6.07) is 5.68. The van der Waals surface area contributed by atoms with Crippen LogP contribution in [0.15, 0.2) is 49.6 Å². The molecule has 3 saturated heterocycles. The number of nitrogens with zero attached hydrogens (tertiary/aromatic N) is 3. The fourth-order valence-corrected chi connectivity index (χ4v) is 8.04. The number of likely N-dealkylation sites (tertiary alicyclic amines) is 1. The second-order valence-electron chi connectivity index (χ2n) is 12.0. The Morgan fingerprint density at radius 2 is 1.86 bits per heavy atom. The van der Waals surface area contributed by atoms with Crippen molar-refractivity contribution >= 4 is 39.3 Å². The number of benzene rings is 1.